The maximum atomic E-state index is 13.3. The number of ether oxygens (including phenoxy) is 2. The van der Waals surface area contributed by atoms with Gasteiger partial charge in [0.1, 0.15) is 0 Å². The highest BCUT2D eigenvalue weighted by molar-refractivity contribution is 6.02. The van der Waals surface area contributed by atoms with E-state index in [0.717, 1.165) is 72.0 Å². The summed E-state index contributed by atoms with van der Waals surface area (Å²) in [5, 5.41) is 0. The van der Waals surface area contributed by atoms with Gasteiger partial charge in [0.25, 0.3) is 0 Å². The molecule has 0 aliphatic heterocycles. The highest BCUT2D eigenvalue weighted by Crippen LogP contribution is 2.42. The molecule has 0 saturated carbocycles. The number of rotatable bonds is 32. The highest BCUT2D eigenvalue weighted by atomic mass is 16.6. The van der Waals surface area contributed by atoms with Crippen LogP contribution in [0.25, 0.3) is 0 Å². The van der Waals surface area contributed by atoms with Gasteiger partial charge < -0.3 is 9.47 Å². The van der Waals surface area contributed by atoms with Gasteiger partial charge in [-0.2, -0.15) is 0 Å². The summed E-state index contributed by atoms with van der Waals surface area (Å²) in [5.41, 5.74) is 7.06. The van der Waals surface area contributed by atoms with Crippen LogP contribution >= 0.6 is 0 Å². The molecular formula is C64H96O6. The fourth-order valence-electron chi connectivity index (χ4n) is 9.35. The van der Waals surface area contributed by atoms with Crippen molar-refractivity contribution in [3.05, 3.63) is 130 Å². The Balaban J connectivity index is 1.86. The number of esters is 2. The van der Waals surface area contributed by atoms with Crippen molar-refractivity contribution >= 4 is 23.5 Å². The van der Waals surface area contributed by atoms with Crippen LogP contribution in [-0.4, -0.2) is 35.7 Å². The Bertz CT molecular complexity index is 1880. The van der Waals surface area contributed by atoms with Crippen LogP contribution in [0.3, 0.4) is 0 Å². The smallest absolute Gasteiger partial charge is 0.306 e. The quantitative estimate of drug-likeness (QED) is 0.0379. The van der Waals surface area contributed by atoms with Crippen molar-refractivity contribution in [2.24, 2.45) is 10.8 Å². The Kier molecular flexibility index (Phi) is 29.8. The lowest BCUT2D eigenvalue weighted by Crippen LogP contribution is -2.39. The van der Waals surface area contributed by atoms with Crippen molar-refractivity contribution in [1.82, 2.24) is 0 Å². The zero-order valence-electron chi connectivity index (χ0n) is 46.2. The number of carbonyl (C=O) groups is 4. The molecule has 6 nitrogen and oxygen atoms in total. The van der Waals surface area contributed by atoms with E-state index in [-0.39, 0.29) is 34.3 Å². The van der Waals surface area contributed by atoms with Gasteiger partial charge in [-0.05, 0) is 87.5 Å². The minimum Gasteiger partial charge on any atom is -0.454 e. The van der Waals surface area contributed by atoms with Gasteiger partial charge in [0.15, 0.2) is 23.8 Å². The van der Waals surface area contributed by atoms with E-state index in [4.69, 9.17) is 9.47 Å². The molecule has 388 valence electrons. The normalized spacial score (nSPS) is 19.7. The summed E-state index contributed by atoms with van der Waals surface area (Å²) < 4.78 is 11.5. The van der Waals surface area contributed by atoms with E-state index in [1.807, 2.05) is 64.2 Å². The third-order valence-corrected chi connectivity index (χ3v) is 13.8. The maximum Gasteiger partial charge on any atom is 0.306 e. The van der Waals surface area contributed by atoms with Gasteiger partial charge in [-0.15, -0.1) is 0 Å². The summed E-state index contributed by atoms with van der Waals surface area (Å²) in [7, 11) is 0. The van der Waals surface area contributed by atoms with Crippen molar-refractivity contribution in [3.63, 3.8) is 0 Å². The van der Waals surface area contributed by atoms with Gasteiger partial charge in [-0.3, -0.25) is 19.2 Å². The van der Waals surface area contributed by atoms with E-state index < -0.39 is 12.2 Å². The number of ketones is 2. The van der Waals surface area contributed by atoms with Crippen molar-refractivity contribution in [3.8, 4) is 0 Å². The zero-order valence-corrected chi connectivity index (χ0v) is 46.2. The van der Waals surface area contributed by atoms with Crippen molar-refractivity contribution in [2.75, 3.05) is 0 Å². The van der Waals surface area contributed by atoms with Gasteiger partial charge in [-0.25, -0.2) is 0 Å². The summed E-state index contributed by atoms with van der Waals surface area (Å²) in [4.78, 5) is 52.0. The van der Waals surface area contributed by atoms with E-state index >= 15 is 0 Å². The SMILES string of the molecule is CCCCCCCCCCCC(=O)OC1CC(C)(C)C(/C=C/C(C)=C/C=C/C(C)=C/C=C/C=C(C)/C=C/C=C(C)/C=C/C2=C(C)C(=O)C(OC(=O)CCCCCCCCCCC)CC2(C)C)=C(C)C1=O. The molecule has 0 fully saturated rings. The Morgan fingerprint density at radius 3 is 1.07 bits per heavy atom. The van der Waals surface area contributed by atoms with E-state index in [9.17, 15) is 19.2 Å². The molecule has 0 heterocycles. The zero-order chi connectivity index (χ0) is 52.0. The molecule has 70 heavy (non-hydrogen) atoms. The Morgan fingerprint density at radius 2 is 0.743 bits per heavy atom. The van der Waals surface area contributed by atoms with Crippen LogP contribution in [0.5, 0.6) is 0 Å². The number of carbonyl (C=O) groups excluding carboxylic acids is 4. The number of Topliss-reactive ketones (excluding diaryl/α,β-unsaturated/α-hetero) is 2. The molecule has 0 N–H and O–H groups in total. The van der Waals surface area contributed by atoms with Gasteiger partial charge in [0.05, 0.1) is 0 Å². The molecule has 0 bridgehead atoms. The predicted octanol–water partition coefficient (Wildman–Crippen LogP) is 17.8. The molecule has 0 aromatic heterocycles. The first-order chi connectivity index (χ1) is 33.3. The molecule has 2 unspecified atom stereocenters. The highest BCUT2D eigenvalue weighted by Gasteiger charge is 2.41. The topological polar surface area (TPSA) is 86.7 Å². The average Bonchev–Trinajstić information content (AvgIpc) is 3.29. The number of hydrogen-bond acceptors (Lipinski definition) is 6. The second kappa shape index (κ2) is 33.9. The lowest BCUT2D eigenvalue weighted by Gasteiger charge is -2.36. The van der Waals surface area contributed by atoms with Crippen LogP contribution in [0.1, 0.15) is 224 Å². The van der Waals surface area contributed by atoms with Crippen LogP contribution in [0.15, 0.2) is 130 Å². The molecule has 2 aliphatic rings. The first kappa shape index (κ1) is 61.5. The molecule has 0 saturated heterocycles. The lowest BCUT2D eigenvalue weighted by molar-refractivity contribution is -0.156. The summed E-state index contributed by atoms with van der Waals surface area (Å²) in [5.74, 6) is -0.699. The molecule has 2 aliphatic carbocycles. The second-order valence-corrected chi connectivity index (χ2v) is 21.5. The van der Waals surface area contributed by atoms with E-state index in [0.29, 0.717) is 36.8 Å². The van der Waals surface area contributed by atoms with Gasteiger partial charge in [0, 0.05) is 25.7 Å². The second-order valence-electron chi connectivity index (χ2n) is 21.5. The fourth-order valence-corrected chi connectivity index (χ4v) is 9.35. The Morgan fingerprint density at radius 1 is 0.457 bits per heavy atom. The van der Waals surface area contributed by atoms with Crippen LogP contribution < -0.4 is 0 Å². The van der Waals surface area contributed by atoms with Gasteiger partial charge in [-0.1, -0.05) is 252 Å². The third-order valence-electron chi connectivity index (χ3n) is 13.8. The van der Waals surface area contributed by atoms with Crippen molar-refractivity contribution in [1.29, 1.82) is 0 Å². The molecule has 6 heteroatoms. The minimum atomic E-state index is -0.717. The van der Waals surface area contributed by atoms with Crippen LogP contribution in [0.2, 0.25) is 0 Å². The monoisotopic (exact) mass is 961 g/mol. The van der Waals surface area contributed by atoms with Crippen molar-refractivity contribution in [2.45, 2.75) is 237 Å². The summed E-state index contributed by atoms with van der Waals surface area (Å²) in [6, 6.07) is 0. The van der Waals surface area contributed by atoms with E-state index in [1.54, 1.807) is 0 Å². The lowest BCUT2D eigenvalue weighted by atomic mass is 9.71. The molecular weight excluding hydrogens is 865 g/mol. The number of allylic oxidation sites excluding steroid dienone is 20. The Labute approximate surface area is 427 Å². The largest absolute Gasteiger partial charge is 0.454 e. The molecule has 0 aromatic carbocycles. The standard InChI is InChI=1S/C64H96O6/c1-13-15-17-19-21-23-25-27-29-41-59(65)69-57-47-63(9,10)55(53(7)61(57)67)45-43-51(5)39-33-37-49(3)35-31-32-36-50(4)38-34-40-52(6)44-46-56-54(8)62(68)58(48-64(56,11)12)70-60(66)42-30-28-26-24-22-20-18-16-14-2/h31-40,43-46,57-58H,13-30,41-42,47-48H2,1-12H3/b32-31+,37-33+,38-34+,45-43+,46-44+,49-35+,50-36+,51-39+,52-40+. The van der Waals surface area contributed by atoms with Gasteiger partial charge >= 0.3 is 11.9 Å². The number of hydrogen-bond donors (Lipinski definition) is 0. The summed E-state index contributed by atoms with van der Waals surface area (Å²) in [6.45, 7) is 24.9. The van der Waals surface area contributed by atoms with E-state index in [1.165, 1.54) is 77.0 Å². The molecule has 2 atom stereocenters. The number of unbranched alkanes of at least 4 members (excludes halogenated alkanes) is 16. The van der Waals surface area contributed by atoms with Crippen LogP contribution in [0, 0.1) is 10.8 Å². The average molecular weight is 961 g/mol. The fraction of sp³-hybridized carbons (Fsp3) is 0.594. The van der Waals surface area contributed by atoms with Crippen LogP contribution in [-0.2, 0) is 28.7 Å². The molecule has 0 amide bonds. The van der Waals surface area contributed by atoms with Gasteiger partial charge in [0.2, 0.25) is 0 Å². The molecule has 0 aromatic rings. The maximum absolute atomic E-state index is 13.3. The first-order valence-corrected chi connectivity index (χ1v) is 27.3. The Hall–Kier alpha value is -4.58. The summed E-state index contributed by atoms with van der Waals surface area (Å²) in [6.07, 6.45) is 50.4. The molecule has 0 spiro atoms. The first-order valence-electron chi connectivity index (χ1n) is 27.3. The minimum absolute atomic E-state index is 0.0882. The van der Waals surface area contributed by atoms with Crippen molar-refractivity contribution < 1.29 is 28.7 Å². The third kappa shape index (κ3) is 24.5. The molecule has 2 rings (SSSR count). The summed E-state index contributed by atoms with van der Waals surface area (Å²) >= 11 is 0. The van der Waals surface area contributed by atoms with E-state index in [2.05, 4.69) is 104 Å². The molecule has 0 radical (unpaired) electrons. The van der Waals surface area contributed by atoms with Crippen LogP contribution in [0.4, 0.5) is 0 Å². The predicted molar refractivity (Wildman–Crippen MR) is 296 cm³/mol.